The first kappa shape index (κ1) is 26.2. The number of rotatable bonds is 9. The van der Waals surface area contributed by atoms with Crippen molar-refractivity contribution in [1.82, 2.24) is 9.80 Å². The highest BCUT2D eigenvalue weighted by molar-refractivity contribution is 6.30. The van der Waals surface area contributed by atoms with E-state index in [1.54, 1.807) is 0 Å². The van der Waals surface area contributed by atoms with Crippen LogP contribution in [0.1, 0.15) is 70.4 Å². The van der Waals surface area contributed by atoms with Crippen LogP contribution in [0, 0.1) is 0 Å². The number of nitrogens with two attached hydrogens (primary N) is 1. The Labute approximate surface area is 230 Å². The molecule has 3 aromatic rings. The third kappa shape index (κ3) is 6.21. The molecular formula is C31H35Cl2N3O. The maximum atomic E-state index is 12.7. The summed E-state index contributed by atoms with van der Waals surface area (Å²) in [6.45, 7) is 4.28. The molecule has 194 valence electrons. The van der Waals surface area contributed by atoms with Crippen molar-refractivity contribution in [2.24, 2.45) is 5.73 Å². The maximum Gasteiger partial charge on any atom is 0.248 e. The van der Waals surface area contributed by atoms with E-state index >= 15 is 0 Å². The Morgan fingerprint density at radius 2 is 1.16 bits per heavy atom. The normalized spacial score (nSPS) is 18.2. The number of hydrogen-bond donors (Lipinski definition) is 1. The fraction of sp³-hybridized carbons (Fsp3) is 0.387. The summed E-state index contributed by atoms with van der Waals surface area (Å²) >= 11 is 12.5. The van der Waals surface area contributed by atoms with Gasteiger partial charge in [0.25, 0.3) is 0 Å². The molecule has 2 atom stereocenters. The van der Waals surface area contributed by atoms with Crippen molar-refractivity contribution >= 4 is 29.1 Å². The van der Waals surface area contributed by atoms with E-state index in [9.17, 15) is 4.79 Å². The fourth-order valence-electron chi connectivity index (χ4n) is 6.09. The van der Waals surface area contributed by atoms with E-state index in [2.05, 4.69) is 40.1 Å². The van der Waals surface area contributed by atoms with E-state index in [-0.39, 0.29) is 18.0 Å². The highest BCUT2D eigenvalue weighted by Gasteiger charge is 2.29. The molecule has 37 heavy (non-hydrogen) atoms. The second-order valence-electron chi connectivity index (χ2n) is 10.3. The molecule has 5 rings (SSSR count). The van der Waals surface area contributed by atoms with E-state index < -0.39 is 0 Å². The predicted molar refractivity (Wildman–Crippen MR) is 152 cm³/mol. The van der Waals surface area contributed by atoms with Gasteiger partial charge in [-0.25, -0.2) is 0 Å². The Morgan fingerprint density at radius 1 is 0.703 bits per heavy atom. The number of carbonyl (C=O) groups is 1. The molecule has 6 heteroatoms. The molecule has 3 aromatic carbocycles. The summed E-state index contributed by atoms with van der Waals surface area (Å²) in [6.07, 6.45) is 6.39. The van der Waals surface area contributed by atoms with Gasteiger partial charge in [0.2, 0.25) is 5.91 Å². The van der Waals surface area contributed by atoms with Crippen molar-refractivity contribution in [3.8, 4) is 0 Å². The third-order valence-corrected chi connectivity index (χ3v) is 8.53. The van der Waals surface area contributed by atoms with Crippen LogP contribution in [0.2, 0.25) is 10.0 Å². The minimum Gasteiger partial charge on any atom is -0.366 e. The first-order valence-electron chi connectivity index (χ1n) is 13.4. The SMILES string of the molecule is NC(=O)c1cccc(CC(c2ccc(Cl)cc2)N2CCCC2)c1CC(c1ccc(Cl)cc1)N1CCCC1. The van der Waals surface area contributed by atoms with Gasteiger partial charge in [-0.15, -0.1) is 0 Å². The molecule has 2 aliphatic rings. The zero-order chi connectivity index (χ0) is 25.8. The molecule has 2 heterocycles. The monoisotopic (exact) mass is 535 g/mol. The molecule has 2 unspecified atom stereocenters. The van der Waals surface area contributed by atoms with Crippen molar-refractivity contribution in [3.05, 3.63) is 105 Å². The summed E-state index contributed by atoms with van der Waals surface area (Å²) in [7, 11) is 0. The van der Waals surface area contributed by atoms with Crippen LogP contribution in [-0.4, -0.2) is 41.9 Å². The second-order valence-corrected chi connectivity index (χ2v) is 11.2. The topological polar surface area (TPSA) is 49.6 Å². The minimum atomic E-state index is -0.364. The van der Waals surface area contributed by atoms with Gasteiger partial charge in [-0.3, -0.25) is 14.6 Å². The first-order valence-corrected chi connectivity index (χ1v) is 14.1. The average molecular weight is 537 g/mol. The molecule has 4 nitrogen and oxygen atoms in total. The number of nitrogens with zero attached hydrogens (tertiary/aromatic N) is 2. The lowest BCUT2D eigenvalue weighted by molar-refractivity contribution is 0.0998. The minimum absolute atomic E-state index is 0.166. The summed E-state index contributed by atoms with van der Waals surface area (Å²) in [5.41, 5.74) is 11.3. The number of benzene rings is 3. The smallest absolute Gasteiger partial charge is 0.248 e. The van der Waals surface area contributed by atoms with Gasteiger partial charge in [-0.1, -0.05) is 59.6 Å². The maximum absolute atomic E-state index is 12.7. The Balaban J connectivity index is 1.54. The lowest BCUT2D eigenvalue weighted by Crippen LogP contribution is -2.30. The van der Waals surface area contributed by atoms with Gasteiger partial charge < -0.3 is 5.73 Å². The average Bonchev–Trinajstić information content (AvgIpc) is 3.62. The molecule has 2 fully saturated rings. The molecular weight excluding hydrogens is 501 g/mol. The van der Waals surface area contributed by atoms with Gasteiger partial charge in [0.1, 0.15) is 0 Å². The summed E-state index contributed by atoms with van der Waals surface area (Å²) in [5, 5.41) is 1.48. The number of halogens is 2. The number of hydrogen-bond acceptors (Lipinski definition) is 3. The lowest BCUT2D eigenvalue weighted by atomic mass is 9.87. The highest BCUT2D eigenvalue weighted by atomic mass is 35.5. The van der Waals surface area contributed by atoms with E-state index in [1.807, 2.05) is 36.4 Å². The zero-order valence-electron chi connectivity index (χ0n) is 21.2. The largest absolute Gasteiger partial charge is 0.366 e. The summed E-state index contributed by atoms with van der Waals surface area (Å²) < 4.78 is 0. The van der Waals surface area contributed by atoms with Crippen LogP contribution < -0.4 is 5.73 Å². The Hall–Kier alpha value is -2.37. The van der Waals surface area contributed by atoms with Crippen molar-refractivity contribution in [3.63, 3.8) is 0 Å². The summed E-state index contributed by atoms with van der Waals surface area (Å²) in [5.74, 6) is -0.364. The van der Waals surface area contributed by atoms with Crippen molar-refractivity contribution in [1.29, 1.82) is 0 Å². The van der Waals surface area contributed by atoms with Gasteiger partial charge in [-0.2, -0.15) is 0 Å². The molecule has 2 N–H and O–H groups in total. The van der Waals surface area contributed by atoms with Crippen molar-refractivity contribution in [2.45, 2.75) is 50.6 Å². The molecule has 2 saturated heterocycles. The van der Waals surface area contributed by atoms with Gasteiger partial charge >= 0.3 is 0 Å². The quantitative estimate of drug-likeness (QED) is 0.325. The van der Waals surface area contributed by atoms with Crippen molar-refractivity contribution in [2.75, 3.05) is 26.2 Å². The van der Waals surface area contributed by atoms with Gasteiger partial charge in [-0.05, 0) is 117 Å². The van der Waals surface area contributed by atoms with Crippen molar-refractivity contribution < 1.29 is 4.79 Å². The van der Waals surface area contributed by atoms with E-state index in [0.29, 0.717) is 5.56 Å². The van der Waals surface area contributed by atoms with Gasteiger partial charge in [0.15, 0.2) is 0 Å². The molecule has 0 aromatic heterocycles. The molecule has 1 amide bonds. The highest BCUT2D eigenvalue weighted by Crippen LogP contribution is 2.35. The Morgan fingerprint density at radius 3 is 1.62 bits per heavy atom. The molecule has 0 saturated carbocycles. The number of amides is 1. The molecule has 2 aliphatic heterocycles. The zero-order valence-corrected chi connectivity index (χ0v) is 22.7. The predicted octanol–water partition coefficient (Wildman–Crippen LogP) is 6.85. The van der Waals surface area contributed by atoms with Gasteiger partial charge in [0.05, 0.1) is 0 Å². The first-order chi connectivity index (χ1) is 18.0. The van der Waals surface area contributed by atoms with Crippen LogP contribution in [0.5, 0.6) is 0 Å². The van der Waals surface area contributed by atoms with Gasteiger partial charge in [0, 0.05) is 27.7 Å². The van der Waals surface area contributed by atoms with E-state index in [4.69, 9.17) is 28.9 Å². The number of primary amides is 1. The summed E-state index contributed by atoms with van der Waals surface area (Å²) in [6, 6.07) is 22.9. The second kappa shape index (κ2) is 12.0. The number of carbonyl (C=O) groups excluding carboxylic acids is 1. The lowest BCUT2D eigenvalue weighted by Gasteiger charge is -2.32. The van der Waals surface area contributed by atoms with Crippen LogP contribution in [0.3, 0.4) is 0 Å². The Bertz CT molecular complexity index is 1200. The molecule has 0 spiro atoms. The fourth-order valence-corrected chi connectivity index (χ4v) is 6.34. The van der Waals surface area contributed by atoms with Crippen LogP contribution in [0.15, 0.2) is 66.7 Å². The van der Waals surface area contributed by atoms with Crippen LogP contribution >= 0.6 is 23.2 Å². The molecule has 0 bridgehead atoms. The van der Waals surface area contributed by atoms with E-state index in [1.165, 1.54) is 42.4 Å². The standard InChI is InChI=1S/C31H35Cl2N3O/c32-25-12-8-22(9-13-25)29(35-16-1-2-17-35)20-24-6-5-7-27(31(34)37)28(24)21-30(36-18-3-4-19-36)23-10-14-26(33)15-11-23/h5-15,29-30H,1-4,16-21H2,(H2,34,37). The van der Waals surface area contributed by atoms with Crippen LogP contribution in [0.25, 0.3) is 0 Å². The molecule has 0 aliphatic carbocycles. The van der Waals surface area contributed by atoms with E-state index in [0.717, 1.165) is 54.6 Å². The third-order valence-electron chi connectivity index (χ3n) is 8.02. The van der Waals surface area contributed by atoms with Crippen LogP contribution in [-0.2, 0) is 12.8 Å². The summed E-state index contributed by atoms with van der Waals surface area (Å²) in [4.78, 5) is 17.8. The Kier molecular flexibility index (Phi) is 8.51. The molecule has 0 radical (unpaired) electrons. The van der Waals surface area contributed by atoms with Crippen LogP contribution in [0.4, 0.5) is 0 Å². The number of likely N-dealkylation sites (tertiary alicyclic amines) is 2.